The van der Waals surface area contributed by atoms with E-state index >= 15 is 0 Å². The van der Waals surface area contributed by atoms with E-state index in [1.54, 1.807) is 30.5 Å². The maximum atomic E-state index is 12.8. The van der Waals surface area contributed by atoms with Crippen LogP contribution in [-0.4, -0.2) is 29.5 Å². The van der Waals surface area contributed by atoms with E-state index in [4.69, 9.17) is 9.47 Å². The highest BCUT2D eigenvalue weighted by atomic mass is 16.5. The Hall–Kier alpha value is -3.41. The van der Waals surface area contributed by atoms with Gasteiger partial charge in [-0.05, 0) is 31.0 Å². The van der Waals surface area contributed by atoms with Crippen molar-refractivity contribution in [2.24, 2.45) is 5.92 Å². The predicted octanol–water partition coefficient (Wildman–Crippen LogP) is 4.13. The van der Waals surface area contributed by atoms with E-state index in [-0.39, 0.29) is 18.4 Å². The Bertz CT molecular complexity index is 1030. The van der Waals surface area contributed by atoms with Crippen LogP contribution in [0.3, 0.4) is 0 Å². The molecule has 3 rings (SSSR count). The molecule has 0 aliphatic rings. The standard InChI is InChI=1S/C24H26N2O4/c1-4-29-20-13-6-5-12-19(20)23(27)26-21(16(2)3)24(28)30-15-18-10-7-9-17-11-8-14-25-22(17)18/h5-14,16,21H,4,15H2,1-3H3,(H,26,27)/t21-/m0/s1. The molecule has 30 heavy (non-hydrogen) atoms. The molecular weight excluding hydrogens is 380 g/mol. The van der Waals surface area contributed by atoms with Crippen molar-refractivity contribution in [3.05, 3.63) is 71.9 Å². The molecule has 2 aromatic carbocycles. The van der Waals surface area contributed by atoms with E-state index in [0.717, 1.165) is 16.5 Å². The minimum absolute atomic E-state index is 0.0851. The van der Waals surface area contributed by atoms with Gasteiger partial charge in [0.2, 0.25) is 0 Å². The van der Waals surface area contributed by atoms with Crippen molar-refractivity contribution in [2.45, 2.75) is 33.4 Å². The minimum Gasteiger partial charge on any atom is -0.493 e. The minimum atomic E-state index is -0.782. The van der Waals surface area contributed by atoms with Crippen molar-refractivity contribution in [2.75, 3.05) is 6.61 Å². The fourth-order valence-electron chi connectivity index (χ4n) is 3.17. The van der Waals surface area contributed by atoms with Gasteiger partial charge in [-0.25, -0.2) is 4.79 Å². The first-order valence-corrected chi connectivity index (χ1v) is 10.0. The van der Waals surface area contributed by atoms with Gasteiger partial charge in [0, 0.05) is 17.1 Å². The van der Waals surface area contributed by atoms with Gasteiger partial charge in [0.15, 0.2) is 0 Å². The number of rotatable bonds is 8. The number of carbonyl (C=O) groups is 2. The molecule has 1 amide bonds. The van der Waals surface area contributed by atoms with Crippen LogP contribution in [0.15, 0.2) is 60.8 Å². The van der Waals surface area contributed by atoms with Crippen molar-refractivity contribution in [3.63, 3.8) is 0 Å². The zero-order valence-corrected chi connectivity index (χ0v) is 17.4. The third-order valence-electron chi connectivity index (χ3n) is 4.72. The molecule has 0 saturated heterocycles. The summed E-state index contributed by atoms with van der Waals surface area (Å²) in [6.07, 6.45) is 1.71. The van der Waals surface area contributed by atoms with Crippen molar-refractivity contribution in [1.29, 1.82) is 0 Å². The lowest BCUT2D eigenvalue weighted by Gasteiger charge is -2.21. The average molecular weight is 406 g/mol. The molecule has 1 aromatic heterocycles. The smallest absolute Gasteiger partial charge is 0.329 e. The number of aromatic nitrogens is 1. The molecule has 0 bridgehead atoms. The van der Waals surface area contributed by atoms with E-state index in [1.165, 1.54) is 0 Å². The summed E-state index contributed by atoms with van der Waals surface area (Å²) >= 11 is 0. The number of carbonyl (C=O) groups excluding carboxylic acids is 2. The second-order valence-corrected chi connectivity index (χ2v) is 7.22. The van der Waals surface area contributed by atoms with Gasteiger partial charge < -0.3 is 14.8 Å². The lowest BCUT2D eigenvalue weighted by atomic mass is 10.0. The SMILES string of the molecule is CCOc1ccccc1C(=O)N[C@H](C(=O)OCc1cccc2cccnc12)C(C)C. The molecular formula is C24H26N2O4. The molecule has 0 spiro atoms. The molecule has 0 unspecified atom stereocenters. The van der Waals surface area contributed by atoms with E-state index in [2.05, 4.69) is 10.3 Å². The summed E-state index contributed by atoms with van der Waals surface area (Å²) in [5, 5.41) is 3.77. The van der Waals surface area contributed by atoms with Crippen LogP contribution >= 0.6 is 0 Å². The zero-order valence-electron chi connectivity index (χ0n) is 17.4. The number of pyridine rings is 1. The summed E-state index contributed by atoms with van der Waals surface area (Å²) in [4.78, 5) is 30.0. The lowest BCUT2D eigenvalue weighted by Crippen LogP contribution is -2.45. The molecule has 6 heteroatoms. The monoisotopic (exact) mass is 406 g/mol. The van der Waals surface area contributed by atoms with Crippen LogP contribution in [-0.2, 0) is 16.1 Å². The summed E-state index contributed by atoms with van der Waals surface area (Å²) in [5.74, 6) is -0.525. The second kappa shape index (κ2) is 9.87. The third-order valence-corrected chi connectivity index (χ3v) is 4.72. The lowest BCUT2D eigenvalue weighted by molar-refractivity contribution is -0.148. The number of nitrogens with one attached hydrogen (secondary N) is 1. The first-order chi connectivity index (χ1) is 14.5. The highest BCUT2D eigenvalue weighted by molar-refractivity contribution is 5.99. The normalized spacial score (nSPS) is 11.9. The van der Waals surface area contributed by atoms with Gasteiger partial charge in [0.25, 0.3) is 5.91 Å². The van der Waals surface area contributed by atoms with Crippen molar-refractivity contribution in [1.82, 2.24) is 10.3 Å². The summed E-state index contributed by atoms with van der Waals surface area (Å²) < 4.78 is 11.1. The van der Waals surface area contributed by atoms with Gasteiger partial charge in [-0.2, -0.15) is 0 Å². The molecule has 1 N–H and O–H groups in total. The second-order valence-electron chi connectivity index (χ2n) is 7.22. The predicted molar refractivity (Wildman–Crippen MR) is 115 cm³/mol. The van der Waals surface area contributed by atoms with E-state index in [0.29, 0.717) is 17.9 Å². The van der Waals surface area contributed by atoms with Crippen LogP contribution in [0.25, 0.3) is 10.9 Å². The van der Waals surface area contributed by atoms with Crippen molar-refractivity contribution < 1.29 is 19.1 Å². The molecule has 0 aliphatic carbocycles. The fraction of sp³-hybridized carbons (Fsp3) is 0.292. The maximum absolute atomic E-state index is 12.8. The number of hydrogen-bond acceptors (Lipinski definition) is 5. The van der Waals surface area contributed by atoms with Gasteiger partial charge in [0.1, 0.15) is 18.4 Å². The van der Waals surface area contributed by atoms with Crippen LogP contribution in [0, 0.1) is 5.92 Å². The zero-order chi connectivity index (χ0) is 21.5. The molecule has 1 heterocycles. The Labute approximate surface area is 176 Å². The number of para-hydroxylation sites is 2. The number of fused-ring (bicyclic) bond motifs is 1. The summed E-state index contributed by atoms with van der Waals surface area (Å²) in [6.45, 7) is 6.10. The fourth-order valence-corrected chi connectivity index (χ4v) is 3.17. The maximum Gasteiger partial charge on any atom is 0.329 e. The highest BCUT2D eigenvalue weighted by Gasteiger charge is 2.27. The van der Waals surface area contributed by atoms with Crippen molar-refractivity contribution in [3.8, 4) is 5.75 Å². The Morgan fingerprint density at radius 3 is 2.57 bits per heavy atom. The molecule has 0 aliphatic heterocycles. The molecule has 0 fully saturated rings. The summed E-state index contributed by atoms with van der Waals surface area (Å²) in [6, 6.07) is 15.7. The molecule has 0 radical (unpaired) electrons. The number of hydrogen-bond donors (Lipinski definition) is 1. The van der Waals surface area contributed by atoms with Crippen LogP contribution in [0.1, 0.15) is 36.7 Å². The van der Waals surface area contributed by atoms with Gasteiger partial charge >= 0.3 is 5.97 Å². The highest BCUT2D eigenvalue weighted by Crippen LogP contribution is 2.20. The Kier molecular flexibility index (Phi) is 7.01. The van der Waals surface area contributed by atoms with Gasteiger partial charge in [-0.15, -0.1) is 0 Å². The van der Waals surface area contributed by atoms with Crippen LogP contribution in [0.5, 0.6) is 5.75 Å². The van der Waals surface area contributed by atoms with E-state index < -0.39 is 12.0 Å². The third kappa shape index (κ3) is 4.95. The molecule has 3 aromatic rings. The molecule has 6 nitrogen and oxygen atoms in total. The first kappa shape index (κ1) is 21.3. The first-order valence-electron chi connectivity index (χ1n) is 10.0. The molecule has 156 valence electrons. The van der Waals surface area contributed by atoms with Crippen LogP contribution in [0.2, 0.25) is 0 Å². The Morgan fingerprint density at radius 1 is 1.03 bits per heavy atom. The van der Waals surface area contributed by atoms with E-state index in [9.17, 15) is 9.59 Å². The summed E-state index contributed by atoms with van der Waals surface area (Å²) in [7, 11) is 0. The quantitative estimate of drug-likeness (QED) is 0.569. The van der Waals surface area contributed by atoms with Gasteiger partial charge in [0.05, 0.1) is 17.7 Å². The topological polar surface area (TPSA) is 77.5 Å². The number of amides is 1. The molecule has 1 atom stereocenters. The summed E-state index contributed by atoms with van der Waals surface area (Å²) in [5.41, 5.74) is 2.00. The Morgan fingerprint density at radius 2 is 1.80 bits per heavy atom. The molecule has 0 saturated carbocycles. The number of ether oxygens (including phenoxy) is 2. The average Bonchev–Trinajstić information content (AvgIpc) is 2.76. The van der Waals surface area contributed by atoms with Gasteiger partial charge in [-0.3, -0.25) is 9.78 Å². The number of benzene rings is 2. The van der Waals surface area contributed by atoms with E-state index in [1.807, 2.05) is 51.1 Å². The van der Waals surface area contributed by atoms with Crippen LogP contribution in [0.4, 0.5) is 0 Å². The van der Waals surface area contributed by atoms with Crippen LogP contribution < -0.4 is 10.1 Å². The number of nitrogens with zero attached hydrogens (tertiary/aromatic N) is 1. The van der Waals surface area contributed by atoms with Crippen molar-refractivity contribution >= 4 is 22.8 Å². The largest absolute Gasteiger partial charge is 0.493 e. The number of esters is 1. The Balaban J connectivity index is 1.71. The van der Waals surface area contributed by atoms with Gasteiger partial charge in [-0.1, -0.05) is 50.2 Å².